The molecule has 0 aliphatic heterocycles. The fourth-order valence-corrected chi connectivity index (χ4v) is 1.42. The van der Waals surface area contributed by atoms with Crippen molar-refractivity contribution in [3.63, 3.8) is 0 Å². The first kappa shape index (κ1) is 9.79. The standard InChI is InChI=1S/C7H10N2O3S/c1-9-5-6(3-4-7(9)10)8-13(2,11)12/h3-5,8H,1-2H3. The summed E-state index contributed by atoms with van der Waals surface area (Å²) in [6.45, 7) is 0. The zero-order valence-corrected chi connectivity index (χ0v) is 8.13. The number of hydrogen-bond donors (Lipinski definition) is 1. The van der Waals surface area contributed by atoms with Gasteiger partial charge in [0.25, 0.3) is 0 Å². The lowest BCUT2D eigenvalue weighted by molar-refractivity contribution is 0.606. The van der Waals surface area contributed by atoms with E-state index < -0.39 is 10.0 Å². The Morgan fingerprint density at radius 3 is 2.46 bits per heavy atom. The first-order valence-corrected chi connectivity index (χ1v) is 5.42. The summed E-state index contributed by atoms with van der Waals surface area (Å²) in [6, 6.07) is 2.72. The maximum absolute atomic E-state index is 10.9. The lowest BCUT2D eigenvalue weighted by atomic mass is 10.4. The number of hydrogen-bond acceptors (Lipinski definition) is 3. The molecule has 72 valence electrons. The molecule has 0 aliphatic rings. The lowest BCUT2D eigenvalue weighted by Crippen LogP contribution is -2.17. The first-order valence-electron chi connectivity index (χ1n) is 3.53. The third-order valence-corrected chi connectivity index (χ3v) is 2.00. The second kappa shape index (κ2) is 3.21. The number of nitrogens with zero attached hydrogens (tertiary/aromatic N) is 1. The topological polar surface area (TPSA) is 68.2 Å². The Balaban J connectivity index is 3.06. The van der Waals surface area contributed by atoms with Crippen molar-refractivity contribution >= 4 is 15.7 Å². The average molecular weight is 202 g/mol. The predicted octanol–water partition coefficient (Wildman–Crippen LogP) is -0.243. The molecule has 0 amide bonds. The van der Waals surface area contributed by atoms with E-state index in [9.17, 15) is 13.2 Å². The summed E-state index contributed by atoms with van der Waals surface area (Å²) in [5.74, 6) is 0. The molecule has 0 saturated heterocycles. The minimum atomic E-state index is -3.27. The predicted molar refractivity (Wildman–Crippen MR) is 50.1 cm³/mol. The van der Waals surface area contributed by atoms with E-state index in [1.165, 1.54) is 22.9 Å². The minimum absolute atomic E-state index is 0.181. The van der Waals surface area contributed by atoms with E-state index in [1.54, 1.807) is 7.05 Å². The fraction of sp³-hybridized carbons (Fsp3) is 0.286. The summed E-state index contributed by atoms with van der Waals surface area (Å²) in [5.41, 5.74) is 0.198. The highest BCUT2D eigenvalue weighted by Crippen LogP contribution is 2.03. The zero-order chi connectivity index (χ0) is 10.1. The number of rotatable bonds is 2. The highest BCUT2D eigenvalue weighted by molar-refractivity contribution is 7.92. The van der Waals surface area contributed by atoms with Crippen LogP contribution in [-0.4, -0.2) is 19.2 Å². The third kappa shape index (κ3) is 2.90. The SMILES string of the molecule is Cn1cc(NS(C)(=O)=O)ccc1=O. The largest absolute Gasteiger partial charge is 0.316 e. The van der Waals surface area contributed by atoms with Gasteiger partial charge in [0, 0.05) is 19.3 Å². The number of nitrogens with one attached hydrogen (secondary N) is 1. The van der Waals surface area contributed by atoms with Crippen LogP contribution in [0.1, 0.15) is 0 Å². The van der Waals surface area contributed by atoms with Gasteiger partial charge in [0.1, 0.15) is 0 Å². The smallest absolute Gasteiger partial charge is 0.250 e. The van der Waals surface area contributed by atoms with Crippen molar-refractivity contribution in [2.45, 2.75) is 0 Å². The van der Waals surface area contributed by atoms with E-state index in [-0.39, 0.29) is 5.56 Å². The van der Waals surface area contributed by atoms with Crippen LogP contribution in [-0.2, 0) is 17.1 Å². The molecular formula is C7H10N2O3S. The van der Waals surface area contributed by atoms with Crippen molar-refractivity contribution in [1.82, 2.24) is 4.57 Å². The van der Waals surface area contributed by atoms with Gasteiger partial charge in [-0.3, -0.25) is 9.52 Å². The van der Waals surface area contributed by atoms with Crippen LogP contribution in [0.5, 0.6) is 0 Å². The van der Waals surface area contributed by atoms with Gasteiger partial charge in [-0.2, -0.15) is 0 Å². The van der Waals surface area contributed by atoms with Crippen LogP contribution >= 0.6 is 0 Å². The maximum atomic E-state index is 10.9. The summed E-state index contributed by atoms with van der Waals surface area (Å²) in [7, 11) is -1.72. The van der Waals surface area contributed by atoms with Gasteiger partial charge in [-0.05, 0) is 6.07 Å². The highest BCUT2D eigenvalue weighted by atomic mass is 32.2. The Labute approximate surface area is 76.1 Å². The molecule has 0 saturated carbocycles. The van der Waals surface area contributed by atoms with Gasteiger partial charge in [-0.1, -0.05) is 0 Å². The number of aryl methyl sites for hydroxylation is 1. The second-order valence-corrected chi connectivity index (χ2v) is 4.49. The molecule has 1 heterocycles. The quantitative estimate of drug-likeness (QED) is 0.719. The monoisotopic (exact) mass is 202 g/mol. The summed E-state index contributed by atoms with van der Waals surface area (Å²) in [4.78, 5) is 10.9. The molecule has 0 atom stereocenters. The van der Waals surface area contributed by atoms with Crippen molar-refractivity contribution in [2.24, 2.45) is 7.05 Å². The number of aromatic nitrogens is 1. The third-order valence-electron chi connectivity index (χ3n) is 1.39. The van der Waals surface area contributed by atoms with E-state index in [0.29, 0.717) is 5.69 Å². The normalized spacial score (nSPS) is 11.2. The molecule has 0 aliphatic carbocycles. The molecule has 0 unspecified atom stereocenters. The van der Waals surface area contributed by atoms with E-state index >= 15 is 0 Å². The minimum Gasteiger partial charge on any atom is -0.316 e. The molecule has 0 spiro atoms. The number of pyridine rings is 1. The fourth-order valence-electron chi connectivity index (χ4n) is 0.868. The molecule has 1 rings (SSSR count). The second-order valence-electron chi connectivity index (χ2n) is 2.74. The number of anilines is 1. The Hall–Kier alpha value is -1.30. The molecule has 0 aromatic carbocycles. The highest BCUT2D eigenvalue weighted by Gasteiger charge is 2.01. The van der Waals surface area contributed by atoms with Gasteiger partial charge in [-0.15, -0.1) is 0 Å². The Morgan fingerprint density at radius 1 is 1.38 bits per heavy atom. The molecule has 0 radical (unpaired) electrons. The van der Waals surface area contributed by atoms with Crippen LogP contribution in [0.4, 0.5) is 5.69 Å². The van der Waals surface area contributed by atoms with Crippen LogP contribution in [0.15, 0.2) is 23.1 Å². The van der Waals surface area contributed by atoms with Crippen molar-refractivity contribution in [2.75, 3.05) is 11.0 Å². The van der Waals surface area contributed by atoms with Crippen molar-refractivity contribution < 1.29 is 8.42 Å². The first-order chi connectivity index (χ1) is 5.88. The van der Waals surface area contributed by atoms with Gasteiger partial charge in [0.05, 0.1) is 11.9 Å². The Kier molecular flexibility index (Phi) is 2.42. The summed E-state index contributed by atoms with van der Waals surface area (Å²) in [5, 5.41) is 0. The molecule has 0 fully saturated rings. The Bertz CT molecular complexity index is 461. The lowest BCUT2D eigenvalue weighted by Gasteiger charge is -2.04. The molecule has 1 aromatic rings. The van der Waals surface area contributed by atoms with E-state index in [4.69, 9.17) is 0 Å². The van der Waals surface area contributed by atoms with Gasteiger partial charge in [0.2, 0.25) is 15.6 Å². The Morgan fingerprint density at radius 2 is 2.00 bits per heavy atom. The maximum Gasteiger partial charge on any atom is 0.250 e. The van der Waals surface area contributed by atoms with Crippen molar-refractivity contribution in [1.29, 1.82) is 0 Å². The van der Waals surface area contributed by atoms with Gasteiger partial charge < -0.3 is 4.57 Å². The van der Waals surface area contributed by atoms with E-state index in [1.807, 2.05) is 0 Å². The average Bonchev–Trinajstić information content (AvgIpc) is 1.94. The van der Waals surface area contributed by atoms with Crippen LogP contribution < -0.4 is 10.3 Å². The van der Waals surface area contributed by atoms with Gasteiger partial charge in [0.15, 0.2) is 0 Å². The van der Waals surface area contributed by atoms with Crippen molar-refractivity contribution in [3.8, 4) is 0 Å². The van der Waals surface area contributed by atoms with Crippen LogP contribution in [0, 0.1) is 0 Å². The van der Waals surface area contributed by atoms with Crippen LogP contribution in [0.3, 0.4) is 0 Å². The summed E-state index contributed by atoms with van der Waals surface area (Å²) < 4.78 is 25.2. The molecule has 0 bridgehead atoms. The van der Waals surface area contributed by atoms with Gasteiger partial charge in [-0.25, -0.2) is 8.42 Å². The molecule has 6 heteroatoms. The molecule has 13 heavy (non-hydrogen) atoms. The van der Waals surface area contributed by atoms with E-state index in [0.717, 1.165) is 6.26 Å². The van der Waals surface area contributed by atoms with Gasteiger partial charge >= 0.3 is 0 Å². The van der Waals surface area contributed by atoms with Crippen LogP contribution in [0.25, 0.3) is 0 Å². The molecular weight excluding hydrogens is 192 g/mol. The zero-order valence-electron chi connectivity index (χ0n) is 7.31. The summed E-state index contributed by atoms with van der Waals surface area (Å²) in [6.07, 6.45) is 2.47. The number of sulfonamides is 1. The molecule has 1 aromatic heterocycles. The van der Waals surface area contributed by atoms with E-state index in [2.05, 4.69) is 4.72 Å². The van der Waals surface area contributed by atoms with Crippen molar-refractivity contribution in [3.05, 3.63) is 28.7 Å². The molecule has 1 N–H and O–H groups in total. The molecule has 5 nitrogen and oxygen atoms in total. The summed E-state index contributed by atoms with van der Waals surface area (Å²) >= 11 is 0. The van der Waals surface area contributed by atoms with Crippen LogP contribution in [0.2, 0.25) is 0 Å².